The molecule has 2 aromatic rings. The maximum absolute atomic E-state index is 13.2. The van der Waals surface area contributed by atoms with Crippen LogP contribution in [-0.2, 0) is 12.8 Å². The molecule has 0 saturated carbocycles. The number of likely N-dealkylation sites (tertiary alicyclic amines) is 1. The minimum absolute atomic E-state index is 0.171. The summed E-state index contributed by atoms with van der Waals surface area (Å²) in [5.41, 5.74) is 5.09. The predicted octanol–water partition coefficient (Wildman–Crippen LogP) is 4.18. The van der Waals surface area contributed by atoms with E-state index in [-0.39, 0.29) is 5.91 Å². The largest absolute Gasteiger partial charge is 0.339 e. The van der Waals surface area contributed by atoms with E-state index in [1.165, 1.54) is 5.56 Å². The fraction of sp³-hybridized carbons (Fsp3) is 0.524. The summed E-state index contributed by atoms with van der Waals surface area (Å²) in [6.07, 6.45) is 3.85. The van der Waals surface area contributed by atoms with Crippen molar-refractivity contribution in [2.24, 2.45) is 5.92 Å². The molecule has 0 aliphatic carbocycles. The molecule has 1 amide bonds. The van der Waals surface area contributed by atoms with E-state index in [1.807, 2.05) is 21.7 Å². The van der Waals surface area contributed by atoms with Crippen LogP contribution in [0, 0.1) is 12.8 Å². The Kier molecular flexibility index (Phi) is 5.26. The minimum atomic E-state index is 0.171. The first kappa shape index (κ1) is 17.7. The molecule has 4 nitrogen and oxygen atoms in total. The van der Waals surface area contributed by atoms with Crippen LogP contribution < -0.4 is 0 Å². The Bertz CT molecular complexity index is 754. The Morgan fingerprint density at radius 3 is 2.48 bits per heavy atom. The van der Waals surface area contributed by atoms with Gasteiger partial charge in [-0.2, -0.15) is 5.10 Å². The first-order valence-electron chi connectivity index (χ1n) is 9.49. The number of carbonyl (C=O) groups is 1. The van der Waals surface area contributed by atoms with Gasteiger partial charge in [0.1, 0.15) is 0 Å². The molecule has 0 spiro atoms. The van der Waals surface area contributed by atoms with Crippen molar-refractivity contribution in [3.63, 3.8) is 0 Å². The summed E-state index contributed by atoms with van der Waals surface area (Å²) >= 11 is 0. The molecule has 1 aliphatic heterocycles. The Morgan fingerprint density at radius 2 is 1.88 bits per heavy atom. The molecular weight excluding hydrogens is 310 g/mol. The molecule has 0 bridgehead atoms. The fourth-order valence-corrected chi connectivity index (χ4v) is 3.69. The molecule has 0 atom stereocenters. The van der Waals surface area contributed by atoms with Gasteiger partial charge in [-0.15, -0.1) is 0 Å². The summed E-state index contributed by atoms with van der Waals surface area (Å²) in [6, 6.07) is 8.26. The first-order chi connectivity index (χ1) is 12.0. The molecule has 1 aromatic carbocycles. The lowest BCUT2D eigenvalue weighted by Gasteiger charge is -2.17. The van der Waals surface area contributed by atoms with Crippen molar-refractivity contribution >= 4 is 5.91 Å². The summed E-state index contributed by atoms with van der Waals surface area (Å²) in [5, 5.41) is 4.91. The van der Waals surface area contributed by atoms with E-state index in [4.69, 9.17) is 5.10 Å². The summed E-state index contributed by atoms with van der Waals surface area (Å²) in [5.74, 6) is 0.639. The number of aromatic nitrogens is 2. The summed E-state index contributed by atoms with van der Waals surface area (Å²) in [7, 11) is 0. The molecule has 0 unspecified atom stereocenters. The van der Waals surface area contributed by atoms with Gasteiger partial charge in [0.2, 0.25) is 0 Å². The van der Waals surface area contributed by atoms with Crippen LogP contribution in [0.3, 0.4) is 0 Å². The molecule has 4 heteroatoms. The smallest absolute Gasteiger partial charge is 0.257 e. The van der Waals surface area contributed by atoms with E-state index in [0.29, 0.717) is 5.92 Å². The van der Waals surface area contributed by atoms with Gasteiger partial charge >= 0.3 is 0 Å². The van der Waals surface area contributed by atoms with Crippen molar-refractivity contribution in [1.82, 2.24) is 14.7 Å². The number of carbonyl (C=O) groups excluding carboxylic acids is 1. The lowest BCUT2D eigenvalue weighted by atomic mass is 10.0. The molecule has 1 fully saturated rings. The van der Waals surface area contributed by atoms with Crippen LogP contribution in [0.15, 0.2) is 24.3 Å². The molecular formula is C21H29N3O. The highest BCUT2D eigenvalue weighted by atomic mass is 16.2. The third kappa shape index (κ3) is 3.48. The zero-order valence-electron chi connectivity index (χ0n) is 15.9. The van der Waals surface area contributed by atoms with Crippen molar-refractivity contribution in [3.8, 4) is 5.69 Å². The van der Waals surface area contributed by atoms with Crippen molar-refractivity contribution < 1.29 is 4.79 Å². The van der Waals surface area contributed by atoms with Crippen LogP contribution in [0.25, 0.3) is 5.69 Å². The van der Waals surface area contributed by atoms with E-state index < -0.39 is 0 Å². The molecule has 25 heavy (non-hydrogen) atoms. The highest BCUT2D eigenvalue weighted by Gasteiger charge is 2.29. The van der Waals surface area contributed by atoms with Crippen LogP contribution in [0.4, 0.5) is 0 Å². The van der Waals surface area contributed by atoms with E-state index >= 15 is 0 Å². The Hall–Kier alpha value is -2.10. The molecule has 3 rings (SSSR count). The second-order valence-electron chi connectivity index (χ2n) is 7.42. The Morgan fingerprint density at radius 1 is 1.20 bits per heavy atom. The van der Waals surface area contributed by atoms with Crippen molar-refractivity contribution in [3.05, 3.63) is 46.8 Å². The fourth-order valence-electron chi connectivity index (χ4n) is 3.69. The molecule has 134 valence electrons. The van der Waals surface area contributed by atoms with Gasteiger partial charge in [-0.05, 0) is 50.2 Å². The normalized spacial score (nSPS) is 14.5. The standard InChI is InChI=1S/C21H29N3O/c1-5-18-20(21(25)23-12-8-9-13-23)17(14-15(2)3)22-24(18)19-11-7-6-10-16(19)4/h6-7,10-11,15H,5,8-9,12-14H2,1-4H3. The van der Waals surface area contributed by atoms with Crippen molar-refractivity contribution in [2.75, 3.05) is 13.1 Å². The molecule has 1 aliphatic rings. The molecule has 2 heterocycles. The highest BCUT2D eigenvalue weighted by molar-refractivity contribution is 5.97. The highest BCUT2D eigenvalue weighted by Crippen LogP contribution is 2.26. The number of aryl methyl sites for hydroxylation is 1. The predicted molar refractivity (Wildman–Crippen MR) is 101 cm³/mol. The van der Waals surface area contributed by atoms with Gasteiger partial charge in [0, 0.05) is 13.1 Å². The lowest BCUT2D eigenvalue weighted by molar-refractivity contribution is 0.0790. The van der Waals surface area contributed by atoms with E-state index in [9.17, 15) is 4.79 Å². The molecule has 0 N–H and O–H groups in total. The van der Waals surface area contributed by atoms with Gasteiger partial charge < -0.3 is 4.90 Å². The minimum Gasteiger partial charge on any atom is -0.339 e. The first-order valence-corrected chi connectivity index (χ1v) is 9.49. The number of benzene rings is 1. The van der Waals surface area contributed by atoms with Crippen LogP contribution in [0.2, 0.25) is 0 Å². The van der Waals surface area contributed by atoms with Gasteiger partial charge in [-0.1, -0.05) is 39.0 Å². The van der Waals surface area contributed by atoms with Crippen LogP contribution >= 0.6 is 0 Å². The Balaban J connectivity index is 2.14. The van der Waals surface area contributed by atoms with Gasteiger partial charge in [-0.3, -0.25) is 4.79 Å². The molecule has 0 radical (unpaired) electrons. The van der Waals surface area contributed by atoms with Gasteiger partial charge in [-0.25, -0.2) is 4.68 Å². The second kappa shape index (κ2) is 7.42. The quantitative estimate of drug-likeness (QED) is 0.820. The van der Waals surface area contributed by atoms with E-state index in [2.05, 4.69) is 39.8 Å². The molecule has 1 saturated heterocycles. The summed E-state index contributed by atoms with van der Waals surface area (Å²) < 4.78 is 2.01. The van der Waals surface area contributed by atoms with Gasteiger partial charge in [0.15, 0.2) is 0 Å². The third-order valence-corrected chi connectivity index (χ3v) is 4.94. The van der Waals surface area contributed by atoms with Gasteiger partial charge in [0.25, 0.3) is 5.91 Å². The van der Waals surface area contributed by atoms with Crippen molar-refractivity contribution in [2.45, 2.75) is 53.4 Å². The average molecular weight is 339 g/mol. The average Bonchev–Trinajstić information content (AvgIpc) is 3.22. The monoisotopic (exact) mass is 339 g/mol. The SMILES string of the molecule is CCc1c(C(=O)N2CCCC2)c(CC(C)C)nn1-c1ccccc1C. The van der Waals surface area contributed by atoms with Crippen LogP contribution in [0.1, 0.15) is 60.9 Å². The number of para-hydroxylation sites is 1. The van der Waals surface area contributed by atoms with Gasteiger partial charge in [0.05, 0.1) is 22.6 Å². The summed E-state index contributed by atoms with van der Waals surface area (Å²) in [4.78, 5) is 15.2. The van der Waals surface area contributed by atoms with Crippen LogP contribution in [-0.4, -0.2) is 33.7 Å². The Labute approximate surface area is 150 Å². The van der Waals surface area contributed by atoms with E-state index in [0.717, 1.165) is 61.4 Å². The number of hydrogen-bond acceptors (Lipinski definition) is 2. The maximum atomic E-state index is 13.2. The number of rotatable bonds is 5. The maximum Gasteiger partial charge on any atom is 0.257 e. The van der Waals surface area contributed by atoms with Crippen molar-refractivity contribution in [1.29, 1.82) is 0 Å². The lowest BCUT2D eigenvalue weighted by Crippen LogP contribution is -2.29. The van der Waals surface area contributed by atoms with E-state index in [1.54, 1.807) is 0 Å². The zero-order chi connectivity index (χ0) is 18.0. The topological polar surface area (TPSA) is 38.1 Å². The third-order valence-electron chi connectivity index (χ3n) is 4.94. The number of hydrogen-bond donors (Lipinski definition) is 0. The summed E-state index contributed by atoms with van der Waals surface area (Å²) in [6.45, 7) is 10.3. The second-order valence-corrected chi connectivity index (χ2v) is 7.42. The van der Waals surface area contributed by atoms with Crippen LogP contribution in [0.5, 0.6) is 0 Å². The number of nitrogens with zero attached hydrogens (tertiary/aromatic N) is 3. The zero-order valence-corrected chi connectivity index (χ0v) is 15.9. The number of amides is 1. The molecule has 1 aromatic heterocycles.